The zero-order valence-electron chi connectivity index (χ0n) is 14.0. The molecule has 0 aliphatic rings. The summed E-state index contributed by atoms with van der Waals surface area (Å²) in [6.07, 6.45) is 0.960. The van der Waals surface area contributed by atoms with Gasteiger partial charge in [0.1, 0.15) is 0 Å². The minimum Gasteiger partial charge on any atom is -0.339 e. The van der Waals surface area contributed by atoms with Gasteiger partial charge in [-0.1, -0.05) is 19.1 Å². The Bertz CT molecular complexity index is 912. The average Bonchev–Trinajstić information content (AvgIpc) is 2.66. The van der Waals surface area contributed by atoms with Crippen LogP contribution >= 0.6 is 0 Å². The molecule has 0 atom stereocenters. The number of nitrogens with zero attached hydrogens (tertiary/aromatic N) is 2. The molecule has 2 aromatic carbocycles. The van der Waals surface area contributed by atoms with Crippen molar-refractivity contribution in [3.63, 3.8) is 0 Å². The summed E-state index contributed by atoms with van der Waals surface area (Å²) in [5, 5.41) is 13.3. The third kappa shape index (κ3) is 4.18. The number of anilines is 3. The Balaban J connectivity index is 1.66. The number of nitrogens with one attached hydrogen (secondary N) is 2. The van der Waals surface area contributed by atoms with Crippen molar-refractivity contribution in [1.29, 1.82) is 0 Å². The number of aromatic nitrogens is 2. The molecule has 0 fully saturated rings. The molecular formula is C19H16F2N4O. The number of amides is 1. The second kappa shape index (κ2) is 7.69. The summed E-state index contributed by atoms with van der Waals surface area (Å²) in [6.45, 7) is 2.08. The van der Waals surface area contributed by atoms with Crippen molar-refractivity contribution in [1.82, 2.24) is 10.2 Å². The van der Waals surface area contributed by atoms with E-state index in [2.05, 4.69) is 27.8 Å². The van der Waals surface area contributed by atoms with E-state index in [1.807, 2.05) is 24.3 Å². The van der Waals surface area contributed by atoms with Crippen molar-refractivity contribution in [2.24, 2.45) is 0 Å². The van der Waals surface area contributed by atoms with Crippen molar-refractivity contribution in [3.8, 4) is 0 Å². The smallest absolute Gasteiger partial charge is 0.276 e. The Morgan fingerprint density at radius 3 is 2.27 bits per heavy atom. The van der Waals surface area contributed by atoms with Gasteiger partial charge in [-0.3, -0.25) is 4.79 Å². The molecule has 0 spiro atoms. The van der Waals surface area contributed by atoms with Crippen molar-refractivity contribution < 1.29 is 13.6 Å². The molecule has 0 saturated heterocycles. The maximum Gasteiger partial charge on any atom is 0.276 e. The molecule has 132 valence electrons. The summed E-state index contributed by atoms with van der Waals surface area (Å²) in [4.78, 5) is 12.1. The summed E-state index contributed by atoms with van der Waals surface area (Å²) in [5.41, 5.74) is 2.27. The van der Waals surface area contributed by atoms with Gasteiger partial charge in [-0.05, 0) is 48.4 Å². The molecular weight excluding hydrogens is 338 g/mol. The van der Waals surface area contributed by atoms with E-state index < -0.39 is 17.5 Å². The summed E-state index contributed by atoms with van der Waals surface area (Å²) >= 11 is 0. The zero-order valence-corrected chi connectivity index (χ0v) is 14.0. The Kier molecular flexibility index (Phi) is 5.17. The molecule has 26 heavy (non-hydrogen) atoms. The first-order valence-corrected chi connectivity index (χ1v) is 8.01. The van der Waals surface area contributed by atoms with E-state index in [0.717, 1.165) is 24.2 Å². The van der Waals surface area contributed by atoms with Crippen molar-refractivity contribution in [3.05, 3.63) is 77.5 Å². The SMILES string of the molecule is CCc1ccc(Nc2ccc(C(=O)Nc3ccc(F)c(F)c3)nn2)cc1. The van der Waals surface area contributed by atoms with Crippen LogP contribution in [0.4, 0.5) is 26.0 Å². The van der Waals surface area contributed by atoms with Crippen LogP contribution < -0.4 is 10.6 Å². The van der Waals surface area contributed by atoms with Crippen molar-refractivity contribution >= 4 is 23.1 Å². The summed E-state index contributed by atoms with van der Waals surface area (Å²) in [7, 11) is 0. The van der Waals surface area contributed by atoms with Gasteiger partial charge in [0, 0.05) is 17.4 Å². The van der Waals surface area contributed by atoms with Gasteiger partial charge in [-0.15, -0.1) is 10.2 Å². The maximum absolute atomic E-state index is 13.2. The standard InChI is InChI=1S/C19H16F2N4O/c1-2-12-3-5-13(6-4-12)22-18-10-9-17(24-25-18)19(26)23-14-7-8-15(20)16(21)11-14/h3-11H,2H2,1H3,(H,22,25)(H,23,26). The van der Waals surface area contributed by atoms with Crippen molar-refractivity contribution in [2.75, 3.05) is 10.6 Å². The van der Waals surface area contributed by atoms with Gasteiger partial charge in [-0.25, -0.2) is 8.78 Å². The van der Waals surface area contributed by atoms with Gasteiger partial charge in [0.15, 0.2) is 23.1 Å². The largest absolute Gasteiger partial charge is 0.339 e. The Morgan fingerprint density at radius 1 is 0.923 bits per heavy atom. The first-order chi connectivity index (χ1) is 12.5. The van der Waals surface area contributed by atoms with Gasteiger partial charge < -0.3 is 10.6 Å². The lowest BCUT2D eigenvalue weighted by Gasteiger charge is -2.07. The van der Waals surface area contributed by atoms with E-state index in [9.17, 15) is 13.6 Å². The molecule has 0 unspecified atom stereocenters. The predicted octanol–water partition coefficient (Wildman–Crippen LogP) is 4.31. The second-order valence-corrected chi connectivity index (χ2v) is 5.56. The molecule has 0 saturated carbocycles. The molecule has 1 amide bonds. The normalized spacial score (nSPS) is 10.4. The van der Waals surface area contributed by atoms with Gasteiger partial charge in [-0.2, -0.15) is 0 Å². The summed E-state index contributed by atoms with van der Waals surface area (Å²) in [6, 6.07) is 14.1. The highest BCUT2D eigenvalue weighted by Gasteiger charge is 2.10. The molecule has 0 bridgehead atoms. The van der Waals surface area contributed by atoms with Crippen LogP contribution in [0.1, 0.15) is 23.0 Å². The molecule has 7 heteroatoms. The third-order valence-electron chi connectivity index (χ3n) is 3.71. The first kappa shape index (κ1) is 17.5. The van der Waals surface area contributed by atoms with Crippen LogP contribution in [0.5, 0.6) is 0 Å². The fourth-order valence-corrected chi connectivity index (χ4v) is 2.26. The first-order valence-electron chi connectivity index (χ1n) is 8.01. The average molecular weight is 354 g/mol. The molecule has 1 heterocycles. The number of halogens is 2. The highest BCUT2D eigenvalue weighted by Crippen LogP contribution is 2.16. The number of hydrogen-bond donors (Lipinski definition) is 2. The molecule has 0 aliphatic heterocycles. The third-order valence-corrected chi connectivity index (χ3v) is 3.71. The molecule has 5 nitrogen and oxygen atoms in total. The molecule has 3 rings (SSSR count). The topological polar surface area (TPSA) is 66.9 Å². The molecule has 0 aliphatic carbocycles. The predicted molar refractivity (Wildman–Crippen MR) is 95.4 cm³/mol. The highest BCUT2D eigenvalue weighted by atomic mass is 19.2. The fraction of sp³-hybridized carbons (Fsp3) is 0.105. The monoisotopic (exact) mass is 354 g/mol. The number of carbonyl (C=O) groups is 1. The van der Waals surface area contributed by atoms with Crippen LogP contribution in [-0.4, -0.2) is 16.1 Å². The zero-order chi connectivity index (χ0) is 18.5. The van der Waals surface area contributed by atoms with E-state index in [1.54, 1.807) is 6.07 Å². The molecule has 1 aromatic heterocycles. The van der Waals surface area contributed by atoms with Gasteiger partial charge in [0.05, 0.1) is 0 Å². The fourth-order valence-electron chi connectivity index (χ4n) is 2.26. The van der Waals surface area contributed by atoms with Gasteiger partial charge in [0.25, 0.3) is 5.91 Å². The Morgan fingerprint density at radius 2 is 1.65 bits per heavy atom. The minimum absolute atomic E-state index is 0.0571. The lowest BCUT2D eigenvalue weighted by Crippen LogP contribution is -2.14. The number of aryl methyl sites for hydroxylation is 1. The van der Waals surface area contributed by atoms with E-state index in [1.165, 1.54) is 17.7 Å². The Hall–Kier alpha value is -3.35. The molecule has 2 N–H and O–H groups in total. The Labute approximate surface area is 149 Å². The van der Waals surface area contributed by atoms with E-state index >= 15 is 0 Å². The van der Waals surface area contributed by atoms with Crippen LogP contribution in [0.2, 0.25) is 0 Å². The quantitative estimate of drug-likeness (QED) is 0.716. The van der Waals surface area contributed by atoms with Crippen LogP contribution in [0.25, 0.3) is 0 Å². The maximum atomic E-state index is 13.2. The number of carbonyl (C=O) groups excluding carboxylic acids is 1. The van der Waals surface area contributed by atoms with Crippen LogP contribution in [0.3, 0.4) is 0 Å². The summed E-state index contributed by atoms with van der Waals surface area (Å²) < 4.78 is 26.1. The highest BCUT2D eigenvalue weighted by molar-refractivity contribution is 6.02. The molecule has 3 aromatic rings. The molecule has 0 radical (unpaired) electrons. The van der Waals surface area contributed by atoms with Gasteiger partial charge in [0.2, 0.25) is 0 Å². The number of benzene rings is 2. The van der Waals surface area contributed by atoms with E-state index in [-0.39, 0.29) is 11.4 Å². The minimum atomic E-state index is -1.04. The lowest BCUT2D eigenvalue weighted by atomic mass is 10.1. The van der Waals surface area contributed by atoms with Gasteiger partial charge >= 0.3 is 0 Å². The lowest BCUT2D eigenvalue weighted by molar-refractivity contribution is 0.102. The van der Waals surface area contributed by atoms with E-state index in [4.69, 9.17) is 0 Å². The van der Waals surface area contributed by atoms with Crippen LogP contribution in [0, 0.1) is 11.6 Å². The van der Waals surface area contributed by atoms with Crippen molar-refractivity contribution in [2.45, 2.75) is 13.3 Å². The summed E-state index contributed by atoms with van der Waals surface area (Å²) in [5.74, 6) is -2.10. The van der Waals surface area contributed by atoms with E-state index in [0.29, 0.717) is 5.82 Å². The number of hydrogen-bond acceptors (Lipinski definition) is 4. The number of rotatable bonds is 5. The van der Waals surface area contributed by atoms with Crippen LogP contribution in [0.15, 0.2) is 54.6 Å². The second-order valence-electron chi connectivity index (χ2n) is 5.56. The van der Waals surface area contributed by atoms with Crippen LogP contribution in [-0.2, 0) is 6.42 Å².